The zero-order valence-electron chi connectivity index (χ0n) is 7.28. The molecule has 1 rings (SSSR count). The molecule has 0 fully saturated rings. The van der Waals surface area contributed by atoms with Gasteiger partial charge in [0.2, 0.25) is 0 Å². The molecule has 0 aromatic heterocycles. The maximum atomic E-state index is 13.0. The number of hydrogen-bond donors (Lipinski definition) is 1. The maximum Gasteiger partial charge on any atom is 0.297 e. The van der Waals surface area contributed by atoms with E-state index in [2.05, 4.69) is 0 Å². The number of rotatable bonds is 3. The quantitative estimate of drug-likeness (QED) is 0.648. The van der Waals surface area contributed by atoms with Crippen LogP contribution in [0.15, 0.2) is 18.2 Å². The third-order valence-electron chi connectivity index (χ3n) is 1.75. The summed E-state index contributed by atoms with van der Waals surface area (Å²) in [4.78, 5) is 9.52. The molecular formula is C8H6ClF2NO3. The van der Waals surface area contributed by atoms with Gasteiger partial charge in [-0.1, -0.05) is 11.6 Å². The van der Waals surface area contributed by atoms with Crippen molar-refractivity contribution in [1.29, 1.82) is 0 Å². The molecule has 0 radical (unpaired) electrons. The number of aliphatic hydroxyl groups is 1. The highest BCUT2D eigenvalue weighted by Crippen LogP contribution is 2.35. The molecule has 4 nitrogen and oxygen atoms in total. The van der Waals surface area contributed by atoms with Crippen LogP contribution in [0.4, 0.5) is 14.5 Å². The van der Waals surface area contributed by atoms with Crippen LogP contribution in [-0.4, -0.2) is 16.6 Å². The molecule has 0 bridgehead atoms. The zero-order valence-corrected chi connectivity index (χ0v) is 8.04. The Bertz CT molecular complexity index is 397. The average molecular weight is 238 g/mol. The molecule has 0 amide bonds. The second kappa shape index (κ2) is 4.08. The predicted molar refractivity (Wildman–Crippen MR) is 49.1 cm³/mol. The average Bonchev–Trinajstić information content (AvgIpc) is 2.17. The summed E-state index contributed by atoms with van der Waals surface area (Å²) < 4.78 is 26.1. The summed E-state index contributed by atoms with van der Waals surface area (Å²) in [7, 11) is 0. The van der Waals surface area contributed by atoms with Gasteiger partial charge in [-0.25, -0.2) is 0 Å². The van der Waals surface area contributed by atoms with Crippen molar-refractivity contribution in [2.24, 2.45) is 0 Å². The van der Waals surface area contributed by atoms with Gasteiger partial charge in [0.05, 0.1) is 9.95 Å². The second-order valence-electron chi connectivity index (χ2n) is 2.78. The van der Waals surface area contributed by atoms with Crippen molar-refractivity contribution in [3.05, 3.63) is 38.9 Å². The van der Waals surface area contributed by atoms with E-state index in [1.54, 1.807) is 0 Å². The third-order valence-corrected chi connectivity index (χ3v) is 2.08. The van der Waals surface area contributed by atoms with Crippen LogP contribution in [0, 0.1) is 10.1 Å². The summed E-state index contributed by atoms with van der Waals surface area (Å²) in [5.74, 6) is -3.58. The zero-order chi connectivity index (χ0) is 11.6. The number of aliphatic hydroxyl groups excluding tert-OH is 1. The summed E-state index contributed by atoms with van der Waals surface area (Å²) in [6.45, 7) is -1.45. The second-order valence-corrected chi connectivity index (χ2v) is 3.19. The van der Waals surface area contributed by atoms with Crippen molar-refractivity contribution in [3.63, 3.8) is 0 Å². The largest absolute Gasteiger partial charge is 0.390 e. The standard InChI is InChI=1S/C8H6ClF2NO3/c9-7-2-1-5(12(14)15)3-6(7)8(10,11)4-13/h1-3,13H,4H2. The molecule has 0 spiro atoms. The van der Waals surface area contributed by atoms with E-state index in [1.165, 1.54) is 0 Å². The van der Waals surface area contributed by atoms with Crippen molar-refractivity contribution in [3.8, 4) is 0 Å². The first-order valence-corrected chi connectivity index (χ1v) is 4.19. The number of hydrogen-bond acceptors (Lipinski definition) is 3. The fourth-order valence-corrected chi connectivity index (χ4v) is 1.25. The van der Waals surface area contributed by atoms with E-state index in [0.717, 1.165) is 12.1 Å². The Morgan fingerprint density at radius 3 is 2.60 bits per heavy atom. The van der Waals surface area contributed by atoms with Gasteiger partial charge in [-0.15, -0.1) is 0 Å². The lowest BCUT2D eigenvalue weighted by Crippen LogP contribution is -2.19. The summed E-state index contributed by atoms with van der Waals surface area (Å²) in [6, 6.07) is 2.66. The molecule has 7 heteroatoms. The van der Waals surface area contributed by atoms with Gasteiger partial charge in [0.15, 0.2) is 0 Å². The fourth-order valence-electron chi connectivity index (χ4n) is 0.992. The molecule has 82 valence electrons. The lowest BCUT2D eigenvalue weighted by molar-refractivity contribution is -0.385. The van der Waals surface area contributed by atoms with E-state index in [-0.39, 0.29) is 5.02 Å². The van der Waals surface area contributed by atoms with Gasteiger partial charge in [-0.3, -0.25) is 10.1 Å². The number of halogens is 3. The number of nitrogens with zero attached hydrogens (tertiary/aromatic N) is 1. The van der Waals surface area contributed by atoms with Gasteiger partial charge in [0.1, 0.15) is 6.61 Å². The van der Waals surface area contributed by atoms with E-state index in [1.807, 2.05) is 0 Å². The molecule has 0 aliphatic carbocycles. The van der Waals surface area contributed by atoms with Gasteiger partial charge >= 0.3 is 0 Å². The fraction of sp³-hybridized carbons (Fsp3) is 0.250. The lowest BCUT2D eigenvalue weighted by atomic mass is 10.1. The molecule has 1 aromatic carbocycles. The maximum absolute atomic E-state index is 13.0. The minimum absolute atomic E-state index is 0.320. The third kappa shape index (κ3) is 2.40. The molecule has 0 heterocycles. The molecule has 1 aromatic rings. The summed E-state index contributed by atoms with van der Waals surface area (Å²) in [5, 5.41) is 18.4. The number of alkyl halides is 2. The van der Waals surface area contributed by atoms with Crippen molar-refractivity contribution >= 4 is 17.3 Å². The van der Waals surface area contributed by atoms with Gasteiger partial charge in [0.25, 0.3) is 11.6 Å². The lowest BCUT2D eigenvalue weighted by Gasteiger charge is -2.14. The summed E-state index contributed by atoms with van der Waals surface area (Å²) in [5.41, 5.74) is -1.25. The van der Waals surface area contributed by atoms with Crippen LogP contribution in [0.2, 0.25) is 5.02 Å². The molecule has 0 atom stereocenters. The molecule has 0 saturated heterocycles. The molecule has 0 aliphatic heterocycles. The van der Waals surface area contributed by atoms with Crippen LogP contribution in [0.25, 0.3) is 0 Å². The van der Waals surface area contributed by atoms with E-state index < -0.39 is 28.7 Å². The van der Waals surface area contributed by atoms with Crippen molar-refractivity contribution in [2.75, 3.05) is 6.61 Å². The van der Waals surface area contributed by atoms with Gasteiger partial charge in [0, 0.05) is 17.7 Å². The van der Waals surface area contributed by atoms with Crippen molar-refractivity contribution < 1.29 is 18.8 Å². The Kier molecular flexibility index (Phi) is 3.21. The van der Waals surface area contributed by atoms with Crippen LogP contribution in [0.3, 0.4) is 0 Å². The van der Waals surface area contributed by atoms with Gasteiger partial charge < -0.3 is 5.11 Å². The van der Waals surface area contributed by atoms with Crippen molar-refractivity contribution in [2.45, 2.75) is 5.92 Å². The highest BCUT2D eigenvalue weighted by Gasteiger charge is 2.34. The summed E-state index contributed by atoms with van der Waals surface area (Å²) >= 11 is 5.45. The number of nitro benzene ring substituents is 1. The van der Waals surface area contributed by atoms with E-state index in [9.17, 15) is 18.9 Å². The number of benzene rings is 1. The smallest absolute Gasteiger partial charge is 0.297 e. The Labute approximate surface area is 88.2 Å². The van der Waals surface area contributed by atoms with Crippen LogP contribution in [0.1, 0.15) is 5.56 Å². The van der Waals surface area contributed by atoms with E-state index in [4.69, 9.17) is 16.7 Å². The van der Waals surface area contributed by atoms with E-state index >= 15 is 0 Å². The normalized spacial score (nSPS) is 11.5. The van der Waals surface area contributed by atoms with Crippen LogP contribution >= 0.6 is 11.6 Å². The van der Waals surface area contributed by atoms with Crippen LogP contribution < -0.4 is 0 Å². The Morgan fingerprint density at radius 1 is 1.53 bits per heavy atom. The van der Waals surface area contributed by atoms with Gasteiger partial charge in [-0.2, -0.15) is 8.78 Å². The predicted octanol–water partition coefficient (Wildman–Crippen LogP) is 2.33. The van der Waals surface area contributed by atoms with Gasteiger partial charge in [-0.05, 0) is 6.07 Å². The molecule has 0 unspecified atom stereocenters. The molecule has 0 saturated carbocycles. The molecule has 1 N–H and O–H groups in total. The minimum Gasteiger partial charge on any atom is -0.390 e. The molecule has 15 heavy (non-hydrogen) atoms. The Morgan fingerprint density at radius 2 is 2.13 bits per heavy atom. The first-order valence-electron chi connectivity index (χ1n) is 3.81. The minimum atomic E-state index is -3.58. The monoisotopic (exact) mass is 237 g/mol. The summed E-state index contributed by atoms with van der Waals surface area (Å²) in [6.07, 6.45) is 0. The Hall–Kier alpha value is -1.27. The highest BCUT2D eigenvalue weighted by atomic mass is 35.5. The van der Waals surface area contributed by atoms with Crippen LogP contribution in [0.5, 0.6) is 0 Å². The van der Waals surface area contributed by atoms with Crippen LogP contribution in [-0.2, 0) is 5.92 Å². The highest BCUT2D eigenvalue weighted by molar-refractivity contribution is 6.31. The topological polar surface area (TPSA) is 63.4 Å². The number of non-ortho nitro benzene ring substituents is 1. The SMILES string of the molecule is O=[N+]([O-])c1ccc(Cl)c(C(F)(F)CO)c1. The first-order chi connectivity index (χ1) is 6.88. The Balaban J connectivity index is 3.28. The number of nitro groups is 1. The molecule has 0 aliphatic rings. The van der Waals surface area contributed by atoms with Crippen molar-refractivity contribution in [1.82, 2.24) is 0 Å². The first kappa shape index (κ1) is 11.8. The van der Waals surface area contributed by atoms with E-state index in [0.29, 0.717) is 6.07 Å². The molecular weight excluding hydrogens is 232 g/mol.